The first-order valence-electron chi connectivity index (χ1n) is 7.29. The van der Waals surface area contributed by atoms with E-state index < -0.39 is 4.92 Å². The first-order valence-corrected chi connectivity index (χ1v) is 7.29. The summed E-state index contributed by atoms with van der Waals surface area (Å²) >= 11 is 0. The summed E-state index contributed by atoms with van der Waals surface area (Å²) in [6.45, 7) is 4.38. The quantitative estimate of drug-likeness (QED) is 0.660. The maximum absolute atomic E-state index is 12.0. The van der Waals surface area contributed by atoms with Crippen molar-refractivity contribution >= 4 is 17.4 Å². The maximum atomic E-state index is 12.0. The van der Waals surface area contributed by atoms with Gasteiger partial charge in [0.25, 0.3) is 5.69 Å². The third kappa shape index (κ3) is 3.93. The van der Waals surface area contributed by atoms with Gasteiger partial charge in [0.15, 0.2) is 0 Å². The van der Waals surface area contributed by atoms with Gasteiger partial charge in [0.2, 0.25) is 0 Å². The van der Waals surface area contributed by atoms with Crippen molar-refractivity contribution in [1.82, 2.24) is 5.32 Å². The molecule has 1 aliphatic rings. The molecule has 6 nitrogen and oxygen atoms in total. The smallest absolute Gasteiger partial charge is 0.319 e. The standard InChI is InChI=1S/C15H21N3O3/c1-10-4-3-5-14(11(10)2)17-15(19)16-12-6-8-13(9-7-12)18(20)21/h6-11,14H,3-5H2,1-2H3,(H2,16,17,19). The molecule has 0 heterocycles. The van der Waals surface area contributed by atoms with Crippen LogP contribution in [0.2, 0.25) is 0 Å². The van der Waals surface area contributed by atoms with Crippen LogP contribution in [0.15, 0.2) is 24.3 Å². The fraction of sp³-hybridized carbons (Fsp3) is 0.533. The lowest BCUT2D eigenvalue weighted by atomic mass is 9.78. The topological polar surface area (TPSA) is 84.3 Å². The van der Waals surface area contributed by atoms with Gasteiger partial charge in [-0.05, 0) is 30.4 Å². The molecular formula is C15H21N3O3. The Kier molecular flexibility index (Phi) is 4.77. The summed E-state index contributed by atoms with van der Waals surface area (Å²) in [7, 11) is 0. The highest BCUT2D eigenvalue weighted by atomic mass is 16.6. The third-order valence-electron chi connectivity index (χ3n) is 4.36. The molecule has 2 N–H and O–H groups in total. The van der Waals surface area contributed by atoms with E-state index in [2.05, 4.69) is 24.5 Å². The van der Waals surface area contributed by atoms with Gasteiger partial charge >= 0.3 is 6.03 Å². The molecule has 21 heavy (non-hydrogen) atoms. The second-order valence-corrected chi connectivity index (χ2v) is 5.78. The predicted molar refractivity (Wildman–Crippen MR) is 81.2 cm³/mol. The Morgan fingerprint density at radius 3 is 2.52 bits per heavy atom. The van der Waals surface area contributed by atoms with E-state index in [0.717, 1.165) is 12.8 Å². The van der Waals surface area contributed by atoms with E-state index in [1.54, 1.807) is 0 Å². The minimum atomic E-state index is -0.463. The minimum absolute atomic E-state index is 0.00989. The van der Waals surface area contributed by atoms with Crippen LogP contribution in [0.1, 0.15) is 33.1 Å². The molecule has 0 aromatic heterocycles. The zero-order valence-corrected chi connectivity index (χ0v) is 12.3. The molecule has 3 unspecified atom stereocenters. The average molecular weight is 291 g/mol. The third-order valence-corrected chi connectivity index (χ3v) is 4.36. The van der Waals surface area contributed by atoms with Crippen LogP contribution in [0.5, 0.6) is 0 Å². The normalized spacial score (nSPS) is 25.1. The van der Waals surface area contributed by atoms with Gasteiger partial charge in [0, 0.05) is 23.9 Å². The van der Waals surface area contributed by atoms with Gasteiger partial charge in [0.05, 0.1) is 4.92 Å². The van der Waals surface area contributed by atoms with Gasteiger partial charge in [0.1, 0.15) is 0 Å². The summed E-state index contributed by atoms with van der Waals surface area (Å²) in [6.07, 6.45) is 3.34. The van der Waals surface area contributed by atoms with Crippen LogP contribution < -0.4 is 10.6 Å². The van der Waals surface area contributed by atoms with Crippen LogP contribution in [-0.2, 0) is 0 Å². The van der Waals surface area contributed by atoms with Crippen molar-refractivity contribution in [3.05, 3.63) is 34.4 Å². The lowest BCUT2D eigenvalue weighted by molar-refractivity contribution is -0.384. The summed E-state index contributed by atoms with van der Waals surface area (Å²) in [4.78, 5) is 22.1. The number of anilines is 1. The monoisotopic (exact) mass is 291 g/mol. The van der Waals surface area contributed by atoms with Gasteiger partial charge in [-0.1, -0.05) is 26.7 Å². The zero-order valence-electron chi connectivity index (χ0n) is 12.3. The number of amides is 2. The van der Waals surface area contributed by atoms with Crippen molar-refractivity contribution in [2.24, 2.45) is 11.8 Å². The lowest BCUT2D eigenvalue weighted by Gasteiger charge is -2.34. The number of hydrogen-bond acceptors (Lipinski definition) is 3. The highest BCUT2D eigenvalue weighted by Gasteiger charge is 2.28. The molecule has 1 fully saturated rings. The van der Waals surface area contributed by atoms with Gasteiger partial charge < -0.3 is 10.6 Å². The molecule has 6 heteroatoms. The number of nitro groups is 1. The van der Waals surface area contributed by atoms with Crippen molar-refractivity contribution in [3.8, 4) is 0 Å². The molecule has 2 amide bonds. The summed E-state index contributed by atoms with van der Waals surface area (Å²) < 4.78 is 0. The van der Waals surface area contributed by atoms with Gasteiger partial charge in [-0.2, -0.15) is 0 Å². The number of nitrogens with zero attached hydrogens (tertiary/aromatic N) is 1. The molecule has 0 spiro atoms. The molecule has 3 atom stereocenters. The molecular weight excluding hydrogens is 270 g/mol. The van der Waals surface area contributed by atoms with E-state index in [-0.39, 0.29) is 17.8 Å². The number of carbonyl (C=O) groups is 1. The number of non-ortho nitro benzene ring substituents is 1. The lowest BCUT2D eigenvalue weighted by Crippen LogP contribution is -2.45. The number of nitrogens with one attached hydrogen (secondary N) is 2. The number of rotatable bonds is 3. The fourth-order valence-corrected chi connectivity index (χ4v) is 2.79. The van der Waals surface area contributed by atoms with Crippen LogP contribution >= 0.6 is 0 Å². The molecule has 114 valence electrons. The van der Waals surface area contributed by atoms with Crippen LogP contribution in [0.3, 0.4) is 0 Å². The molecule has 1 aromatic carbocycles. The SMILES string of the molecule is CC1CCCC(NC(=O)Nc2ccc([N+](=O)[O-])cc2)C1C. The van der Waals surface area contributed by atoms with Crippen LogP contribution in [0, 0.1) is 22.0 Å². The molecule has 0 radical (unpaired) electrons. The Bertz CT molecular complexity index is 515. The van der Waals surface area contributed by atoms with Crippen LogP contribution in [0.4, 0.5) is 16.2 Å². The molecule has 2 rings (SSSR count). The van der Waals surface area contributed by atoms with E-state index in [0.29, 0.717) is 17.5 Å². The number of benzene rings is 1. The number of hydrogen-bond donors (Lipinski definition) is 2. The van der Waals surface area contributed by atoms with Gasteiger partial charge in [-0.25, -0.2) is 4.79 Å². The van der Waals surface area contributed by atoms with E-state index in [1.165, 1.54) is 30.7 Å². The average Bonchev–Trinajstić information content (AvgIpc) is 2.44. The maximum Gasteiger partial charge on any atom is 0.319 e. The molecule has 1 aromatic rings. The van der Waals surface area contributed by atoms with Crippen LogP contribution in [-0.4, -0.2) is 17.0 Å². The van der Waals surface area contributed by atoms with Crippen molar-refractivity contribution in [2.45, 2.75) is 39.2 Å². The van der Waals surface area contributed by atoms with Crippen molar-refractivity contribution in [3.63, 3.8) is 0 Å². The molecule has 1 saturated carbocycles. The highest BCUT2D eigenvalue weighted by Crippen LogP contribution is 2.29. The minimum Gasteiger partial charge on any atom is -0.335 e. The van der Waals surface area contributed by atoms with Crippen molar-refractivity contribution in [2.75, 3.05) is 5.32 Å². The van der Waals surface area contributed by atoms with Crippen LogP contribution in [0.25, 0.3) is 0 Å². The Balaban J connectivity index is 1.90. The summed E-state index contributed by atoms with van der Waals surface area (Å²) in [5.74, 6) is 1.07. The first-order chi connectivity index (χ1) is 9.97. The second kappa shape index (κ2) is 6.56. The van der Waals surface area contributed by atoms with E-state index in [1.807, 2.05) is 0 Å². The Labute approximate surface area is 124 Å². The Morgan fingerprint density at radius 1 is 1.24 bits per heavy atom. The van der Waals surface area contributed by atoms with Gasteiger partial charge in [-0.15, -0.1) is 0 Å². The molecule has 0 aliphatic heterocycles. The Hall–Kier alpha value is -2.11. The second-order valence-electron chi connectivity index (χ2n) is 5.78. The Morgan fingerprint density at radius 2 is 1.90 bits per heavy atom. The molecule has 0 saturated heterocycles. The van der Waals surface area contributed by atoms with Crippen molar-refractivity contribution < 1.29 is 9.72 Å². The summed E-state index contributed by atoms with van der Waals surface area (Å²) in [5.41, 5.74) is 0.560. The van der Waals surface area contributed by atoms with Gasteiger partial charge in [-0.3, -0.25) is 10.1 Å². The number of urea groups is 1. The largest absolute Gasteiger partial charge is 0.335 e. The first kappa shape index (κ1) is 15.3. The molecule has 1 aliphatic carbocycles. The predicted octanol–water partition coefficient (Wildman–Crippen LogP) is 3.54. The fourth-order valence-electron chi connectivity index (χ4n) is 2.79. The summed E-state index contributed by atoms with van der Waals surface area (Å²) in [5, 5.41) is 16.3. The zero-order chi connectivity index (χ0) is 15.4. The highest BCUT2D eigenvalue weighted by molar-refractivity contribution is 5.89. The summed E-state index contributed by atoms with van der Waals surface area (Å²) in [6, 6.07) is 5.75. The van der Waals surface area contributed by atoms with E-state index in [9.17, 15) is 14.9 Å². The van der Waals surface area contributed by atoms with E-state index >= 15 is 0 Å². The molecule has 0 bridgehead atoms. The number of nitro benzene ring substituents is 1. The van der Waals surface area contributed by atoms with Crippen molar-refractivity contribution in [1.29, 1.82) is 0 Å². The van der Waals surface area contributed by atoms with E-state index in [4.69, 9.17) is 0 Å². The number of carbonyl (C=O) groups excluding carboxylic acids is 1.